The van der Waals surface area contributed by atoms with Gasteiger partial charge in [-0.3, -0.25) is 14.4 Å². The van der Waals surface area contributed by atoms with Gasteiger partial charge in [0.1, 0.15) is 46.3 Å². The number of nitrogens with one attached hydrogen (secondary N) is 3. The highest BCUT2D eigenvalue weighted by molar-refractivity contribution is 7.71. The van der Waals surface area contributed by atoms with Crippen molar-refractivity contribution in [3.63, 3.8) is 0 Å². The number of aliphatic hydroxyl groups excluding tert-OH is 2. The van der Waals surface area contributed by atoms with Crippen molar-refractivity contribution in [2.24, 2.45) is 0 Å². The number of allylic oxidation sites excluding steroid dienone is 8. The first-order valence-corrected chi connectivity index (χ1v) is 26.8. The molecule has 0 aliphatic carbocycles. The summed E-state index contributed by atoms with van der Waals surface area (Å²) in [6.07, 6.45) is 15.0. The number of methoxy groups -OCH3 is 1. The first kappa shape index (κ1) is 56.6. The zero-order valence-electron chi connectivity index (χ0n) is 45.1. The minimum Gasteiger partial charge on any atom is -0.508 e. The molecule has 17 heteroatoms. The van der Waals surface area contributed by atoms with Gasteiger partial charge >= 0.3 is 5.97 Å². The molecule has 0 fully saturated rings. The van der Waals surface area contributed by atoms with Crippen LogP contribution in [0.2, 0.25) is 0 Å². The number of aromatic amines is 2. The van der Waals surface area contributed by atoms with Gasteiger partial charge < -0.3 is 59.7 Å². The third-order valence-corrected chi connectivity index (χ3v) is 15.6. The van der Waals surface area contributed by atoms with Gasteiger partial charge in [-0.25, -0.2) is 4.79 Å². The summed E-state index contributed by atoms with van der Waals surface area (Å²) in [7, 11) is 1.21. The number of nitrogens with zero attached hydrogens (tertiary/aromatic N) is 2. The Hall–Kier alpha value is -6.17. The van der Waals surface area contributed by atoms with Crippen molar-refractivity contribution < 1.29 is 53.8 Å². The largest absolute Gasteiger partial charge is 0.508 e. The molecule has 2 aromatic carbocycles. The van der Waals surface area contributed by atoms with E-state index in [9.17, 15) is 39.6 Å². The molecular formula is C58H77N5O11S. The Morgan fingerprint density at radius 2 is 1.32 bits per heavy atom. The van der Waals surface area contributed by atoms with Gasteiger partial charge in [-0.2, -0.15) is 0 Å². The molecule has 0 radical (unpaired) electrons. The number of hydrogen-bond acceptors (Lipinski definition) is 12. The summed E-state index contributed by atoms with van der Waals surface area (Å²) in [5.74, 6) is -1.89. The Kier molecular flexibility index (Phi) is 17.9. The van der Waals surface area contributed by atoms with Crippen LogP contribution in [0.5, 0.6) is 23.0 Å². The quantitative estimate of drug-likeness (QED) is 0.0284. The van der Waals surface area contributed by atoms with E-state index >= 15 is 0 Å². The van der Waals surface area contributed by atoms with Crippen LogP contribution >= 0.6 is 12.2 Å². The number of phenols is 2. The van der Waals surface area contributed by atoms with Crippen LogP contribution in [-0.2, 0) is 46.7 Å². The molecule has 0 bridgehead atoms. The number of esters is 1. The van der Waals surface area contributed by atoms with Gasteiger partial charge in [-0.15, -0.1) is 0 Å². The predicted octanol–water partition coefficient (Wildman–Crippen LogP) is 9.20. The number of carbonyl (C=O) groups excluding carboxylic acids is 4. The van der Waals surface area contributed by atoms with Gasteiger partial charge in [0.25, 0.3) is 11.8 Å². The van der Waals surface area contributed by atoms with E-state index in [-0.39, 0.29) is 80.3 Å². The Balaban J connectivity index is 1.11. The van der Waals surface area contributed by atoms with Crippen molar-refractivity contribution >= 4 is 35.9 Å². The van der Waals surface area contributed by atoms with Gasteiger partial charge in [0, 0.05) is 60.0 Å². The number of benzene rings is 2. The summed E-state index contributed by atoms with van der Waals surface area (Å²) in [6.45, 7) is 16.4. The molecule has 3 aromatic rings. The zero-order chi connectivity index (χ0) is 54.5. The van der Waals surface area contributed by atoms with E-state index in [1.807, 2.05) is 13.8 Å². The van der Waals surface area contributed by atoms with Crippen LogP contribution in [0.25, 0.3) is 0 Å². The summed E-state index contributed by atoms with van der Waals surface area (Å²) in [5.41, 5.74) is 5.82. The van der Waals surface area contributed by atoms with Gasteiger partial charge in [-0.05, 0) is 144 Å². The lowest BCUT2D eigenvalue weighted by Gasteiger charge is -2.41. The molecule has 7 N–H and O–H groups in total. The molecule has 4 aliphatic rings. The number of imidazole rings is 1. The number of aliphatic hydroxyl groups is 2. The fraction of sp³-hybridized carbons (Fsp3) is 0.534. The standard InChI is InChI=1S/C58H77N5O11S/c1-33(2)15-10-17-35(5)19-12-22-57(7)48(66)28-40-46(64)26-38-42(50(40)73-57)31-62(53(38)69)24-14-21-45(52(68)61-44(55(71)72-9)25-37-30-59-56(75)60-37)63-32-43-39(54(63)70)27-47(65)41-29-49(67)58(8,74-51(41)43)23-13-20-36(6)18-11-16-34(3)4/h15-16,19-20,26-27,30,44-45,48-49,64-67H,10-14,17-18,21-25,28-29,31-32H2,1-9H3,(H,61,68)(H2,59,60,75)/b35-19+,36-20+/t44-,45-,48-,49-,57+,58+/m0/s1. The molecule has 0 saturated carbocycles. The molecule has 6 atom stereocenters. The average molecular weight is 1050 g/mol. The molecule has 7 rings (SSSR count). The Morgan fingerprint density at radius 3 is 1.81 bits per heavy atom. The summed E-state index contributed by atoms with van der Waals surface area (Å²) in [5, 5.41) is 48.3. The number of aromatic nitrogens is 2. The van der Waals surface area contributed by atoms with E-state index in [1.165, 1.54) is 46.4 Å². The molecule has 0 saturated heterocycles. The number of phenolic OH excluding ortho intramolecular Hbond substituents is 2. The van der Waals surface area contributed by atoms with Crippen LogP contribution in [0.3, 0.4) is 0 Å². The predicted molar refractivity (Wildman–Crippen MR) is 288 cm³/mol. The van der Waals surface area contributed by atoms with Crippen LogP contribution in [-0.4, -0.2) is 113 Å². The number of aromatic hydroxyl groups is 2. The molecule has 0 spiro atoms. The van der Waals surface area contributed by atoms with Crippen LogP contribution in [0.15, 0.2) is 64.9 Å². The molecule has 0 unspecified atom stereocenters. The van der Waals surface area contributed by atoms with Crippen molar-refractivity contribution in [2.45, 2.75) is 187 Å². The smallest absolute Gasteiger partial charge is 0.328 e. The van der Waals surface area contributed by atoms with E-state index < -0.39 is 53.3 Å². The van der Waals surface area contributed by atoms with Crippen LogP contribution in [0.4, 0.5) is 0 Å². The topological polar surface area (TPSA) is 227 Å². The van der Waals surface area contributed by atoms with E-state index in [1.54, 1.807) is 11.1 Å². The third-order valence-electron chi connectivity index (χ3n) is 15.4. The SMILES string of the molecule is COC(=O)[C@H](Cc1c[nH]c(=S)[nH]1)NC(=O)[C@H](CCCN1Cc2c(cc(O)c3c2O[C@](C)(CC/C=C(\C)CCC=C(C)C)[C@@H](O)C3)C1=O)N1Cc2c(cc(O)c3c2O[C@](C)(CC/C=C(\C)CCC=C(C)C)[C@@H](O)C3)C1=O. The van der Waals surface area contributed by atoms with Crippen molar-refractivity contribution in [3.8, 4) is 23.0 Å². The Labute approximate surface area is 445 Å². The highest BCUT2D eigenvalue weighted by Gasteiger charge is 2.47. The number of ether oxygens (including phenoxy) is 3. The third kappa shape index (κ3) is 12.9. The fourth-order valence-corrected chi connectivity index (χ4v) is 10.9. The lowest BCUT2D eigenvalue weighted by molar-refractivity contribution is -0.145. The zero-order valence-corrected chi connectivity index (χ0v) is 45.9. The number of H-pyrrole nitrogens is 2. The van der Waals surface area contributed by atoms with Gasteiger partial charge in [0.15, 0.2) is 4.77 Å². The molecule has 75 heavy (non-hydrogen) atoms. The maximum absolute atomic E-state index is 14.7. The molecule has 406 valence electrons. The lowest BCUT2D eigenvalue weighted by atomic mass is 9.84. The van der Waals surface area contributed by atoms with Crippen LogP contribution in [0.1, 0.15) is 168 Å². The number of fused-ring (bicyclic) bond motifs is 6. The Morgan fingerprint density at radius 1 is 0.800 bits per heavy atom. The first-order valence-electron chi connectivity index (χ1n) is 26.3. The highest BCUT2D eigenvalue weighted by atomic mass is 32.1. The maximum Gasteiger partial charge on any atom is 0.328 e. The second-order valence-corrected chi connectivity index (χ2v) is 22.3. The van der Waals surface area contributed by atoms with E-state index in [0.29, 0.717) is 69.9 Å². The molecule has 4 aliphatic heterocycles. The van der Waals surface area contributed by atoms with Crippen LogP contribution < -0.4 is 14.8 Å². The number of rotatable bonds is 22. The summed E-state index contributed by atoms with van der Waals surface area (Å²) in [6, 6.07) is 0.429. The number of hydrogen-bond donors (Lipinski definition) is 7. The minimum atomic E-state index is -1.19. The van der Waals surface area contributed by atoms with E-state index in [0.717, 1.165) is 25.7 Å². The lowest BCUT2D eigenvalue weighted by Crippen LogP contribution is -2.52. The molecule has 5 heterocycles. The summed E-state index contributed by atoms with van der Waals surface area (Å²) < 4.78 is 18.7. The van der Waals surface area contributed by atoms with Crippen molar-refractivity contribution in [3.05, 3.63) is 109 Å². The normalized spacial score (nSPS) is 21.8. The maximum atomic E-state index is 14.7. The average Bonchev–Trinajstić information content (AvgIpc) is 4.01. The first-order chi connectivity index (χ1) is 35.5. The second kappa shape index (κ2) is 23.8. The monoisotopic (exact) mass is 1050 g/mol. The molecular weight excluding hydrogens is 975 g/mol. The minimum absolute atomic E-state index is 0.00442. The molecule has 16 nitrogen and oxygen atoms in total. The highest BCUT2D eigenvalue weighted by Crippen LogP contribution is 2.48. The Bertz CT molecular complexity index is 2850. The molecule has 1 aromatic heterocycles. The van der Waals surface area contributed by atoms with Gasteiger partial charge in [0.05, 0.1) is 43.5 Å². The molecule has 3 amide bonds. The summed E-state index contributed by atoms with van der Waals surface area (Å²) in [4.78, 5) is 65.6. The second-order valence-electron chi connectivity index (χ2n) is 21.9. The van der Waals surface area contributed by atoms with Gasteiger partial charge in [-0.1, -0.05) is 46.6 Å². The van der Waals surface area contributed by atoms with E-state index in [2.05, 4.69) is 81.1 Å². The van der Waals surface area contributed by atoms with Gasteiger partial charge in [0.2, 0.25) is 5.91 Å². The van der Waals surface area contributed by atoms with E-state index in [4.69, 9.17) is 26.4 Å². The van der Waals surface area contributed by atoms with Crippen molar-refractivity contribution in [1.29, 1.82) is 0 Å². The van der Waals surface area contributed by atoms with Crippen LogP contribution in [0, 0.1) is 4.77 Å². The fourth-order valence-electron chi connectivity index (χ4n) is 10.7. The number of carbonyl (C=O) groups is 4. The number of amides is 3. The van der Waals surface area contributed by atoms with Crippen molar-refractivity contribution in [1.82, 2.24) is 25.1 Å². The van der Waals surface area contributed by atoms with Crippen molar-refractivity contribution in [2.75, 3.05) is 13.7 Å². The summed E-state index contributed by atoms with van der Waals surface area (Å²) >= 11 is 5.20.